The van der Waals surface area contributed by atoms with E-state index in [9.17, 15) is 5.11 Å². The molecule has 0 bridgehead atoms. The molecular formula is C24H27ClO9. The van der Waals surface area contributed by atoms with Gasteiger partial charge in [-0.15, -0.1) is 11.6 Å². The lowest BCUT2D eigenvalue weighted by atomic mass is 9.85. The maximum absolute atomic E-state index is 11.6. The minimum Gasteiger partial charge on any atom is -0.496 e. The fourth-order valence-corrected chi connectivity index (χ4v) is 4.79. The van der Waals surface area contributed by atoms with Crippen molar-refractivity contribution in [3.63, 3.8) is 0 Å². The Morgan fingerprint density at radius 1 is 1.00 bits per heavy atom. The van der Waals surface area contributed by atoms with E-state index in [1.54, 1.807) is 31.4 Å². The Morgan fingerprint density at radius 2 is 1.74 bits per heavy atom. The molecule has 5 atom stereocenters. The largest absolute Gasteiger partial charge is 0.496 e. The van der Waals surface area contributed by atoms with Crippen LogP contribution in [0.25, 0.3) is 0 Å². The van der Waals surface area contributed by atoms with Gasteiger partial charge in [-0.1, -0.05) is 6.07 Å². The van der Waals surface area contributed by atoms with Crippen molar-refractivity contribution in [2.75, 3.05) is 47.0 Å². The van der Waals surface area contributed by atoms with Gasteiger partial charge in [0.05, 0.1) is 52.4 Å². The summed E-state index contributed by atoms with van der Waals surface area (Å²) in [5.74, 6) is 2.86. The van der Waals surface area contributed by atoms with E-state index in [1.165, 1.54) is 14.2 Å². The molecule has 10 heteroatoms. The third-order valence-electron chi connectivity index (χ3n) is 6.44. The topological polar surface area (TPSA) is 94.1 Å². The lowest BCUT2D eigenvalue weighted by Gasteiger charge is -2.29. The molecule has 184 valence electrons. The number of ether oxygens (including phenoxy) is 8. The number of halogens is 1. The number of hydrogen-bond donors (Lipinski definition) is 1. The monoisotopic (exact) mass is 494 g/mol. The van der Waals surface area contributed by atoms with Gasteiger partial charge in [-0.25, -0.2) is 0 Å². The van der Waals surface area contributed by atoms with Crippen LogP contribution in [0.2, 0.25) is 0 Å². The highest BCUT2D eigenvalue weighted by Crippen LogP contribution is 2.52. The highest BCUT2D eigenvalue weighted by atomic mass is 35.5. The van der Waals surface area contributed by atoms with Crippen molar-refractivity contribution in [1.29, 1.82) is 0 Å². The Bertz CT molecular complexity index is 1030. The van der Waals surface area contributed by atoms with Gasteiger partial charge in [0.15, 0.2) is 28.6 Å². The van der Waals surface area contributed by atoms with Crippen molar-refractivity contribution in [2.45, 2.75) is 24.1 Å². The molecule has 2 fully saturated rings. The Kier molecular flexibility index (Phi) is 6.28. The zero-order chi connectivity index (χ0) is 23.9. The van der Waals surface area contributed by atoms with Crippen LogP contribution < -0.4 is 28.4 Å². The molecule has 2 aromatic carbocycles. The Hall–Kier alpha value is -2.59. The molecular weight excluding hydrogens is 468 g/mol. The van der Waals surface area contributed by atoms with Gasteiger partial charge in [-0.3, -0.25) is 0 Å². The molecule has 0 unspecified atom stereocenters. The summed E-state index contributed by atoms with van der Waals surface area (Å²) < 4.78 is 46.3. The van der Waals surface area contributed by atoms with Gasteiger partial charge in [0.1, 0.15) is 18.5 Å². The van der Waals surface area contributed by atoms with E-state index >= 15 is 0 Å². The first-order chi connectivity index (χ1) is 16.5. The minimum atomic E-state index is -1.41. The third-order valence-corrected chi connectivity index (χ3v) is 6.78. The van der Waals surface area contributed by atoms with Crippen LogP contribution in [0.5, 0.6) is 34.5 Å². The molecule has 0 radical (unpaired) electrons. The lowest BCUT2D eigenvalue weighted by Crippen LogP contribution is -2.47. The van der Waals surface area contributed by atoms with Gasteiger partial charge in [0, 0.05) is 11.6 Å². The number of benzene rings is 2. The summed E-state index contributed by atoms with van der Waals surface area (Å²) in [6.45, 7) is 0.581. The van der Waals surface area contributed by atoms with E-state index in [0.717, 1.165) is 5.56 Å². The first-order valence-electron chi connectivity index (χ1n) is 10.9. The smallest absolute Gasteiger partial charge is 0.232 e. The summed E-state index contributed by atoms with van der Waals surface area (Å²) in [5, 5.41) is 11.6. The van der Waals surface area contributed by atoms with Gasteiger partial charge < -0.3 is 43.0 Å². The maximum Gasteiger partial charge on any atom is 0.232 e. The minimum absolute atomic E-state index is 0.00632. The van der Waals surface area contributed by atoms with E-state index < -0.39 is 23.9 Å². The van der Waals surface area contributed by atoms with Crippen molar-refractivity contribution in [3.05, 3.63) is 35.9 Å². The fraction of sp³-hybridized carbons (Fsp3) is 0.500. The molecule has 34 heavy (non-hydrogen) atoms. The second-order valence-corrected chi connectivity index (χ2v) is 8.66. The van der Waals surface area contributed by atoms with Gasteiger partial charge in [0.2, 0.25) is 12.0 Å². The molecule has 2 saturated heterocycles. The molecule has 0 saturated carbocycles. The second kappa shape index (κ2) is 9.22. The molecule has 3 aliphatic heterocycles. The summed E-state index contributed by atoms with van der Waals surface area (Å²) in [5.41, 5.74) is -0.687. The van der Waals surface area contributed by atoms with Crippen LogP contribution >= 0.6 is 11.6 Å². The van der Waals surface area contributed by atoms with Gasteiger partial charge in [-0.2, -0.15) is 0 Å². The van der Waals surface area contributed by atoms with Crippen LogP contribution in [0.3, 0.4) is 0 Å². The normalized spacial score (nSPS) is 29.4. The summed E-state index contributed by atoms with van der Waals surface area (Å²) in [7, 11) is 4.64. The molecule has 5 rings (SSSR count). The summed E-state index contributed by atoms with van der Waals surface area (Å²) in [6, 6.07) is 8.86. The average Bonchev–Trinajstić information content (AvgIpc) is 3.37. The Morgan fingerprint density at radius 3 is 2.41 bits per heavy atom. The van der Waals surface area contributed by atoms with Crippen LogP contribution in [0.1, 0.15) is 11.7 Å². The first kappa shape index (κ1) is 23.2. The van der Waals surface area contributed by atoms with Crippen LogP contribution in [-0.2, 0) is 9.47 Å². The molecule has 9 nitrogen and oxygen atoms in total. The summed E-state index contributed by atoms with van der Waals surface area (Å²) in [6.07, 6.45) is -1.75. The van der Waals surface area contributed by atoms with Crippen LogP contribution in [0.15, 0.2) is 30.3 Å². The number of methoxy groups -OCH3 is 3. The number of alkyl halides is 1. The second-order valence-electron chi connectivity index (χ2n) is 8.35. The summed E-state index contributed by atoms with van der Waals surface area (Å²) in [4.78, 5) is 0. The molecule has 3 aliphatic rings. The molecule has 3 heterocycles. The number of para-hydroxylation sites is 1. The SMILES string of the molecule is COc1cc2c(cc1[C@@H]1OC[C@@]3(O)[C@H](Oc4c(OC)cccc4OC)OC[C@@H]13)O[C@H](CCl)CO2. The van der Waals surface area contributed by atoms with Crippen molar-refractivity contribution in [3.8, 4) is 34.5 Å². The molecule has 0 spiro atoms. The molecule has 0 amide bonds. The van der Waals surface area contributed by atoms with Gasteiger partial charge >= 0.3 is 0 Å². The predicted molar refractivity (Wildman–Crippen MR) is 121 cm³/mol. The Labute approximate surface area is 202 Å². The molecule has 2 aromatic rings. The van der Waals surface area contributed by atoms with Crippen LogP contribution in [0.4, 0.5) is 0 Å². The zero-order valence-electron chi connectivity index (χ0n) is 19.1. The molecule has 1 N–H and O–H groups in total. The fourth-order valence-electron chi connectivity index (χ4n) is 4.63. The lowest BCUT2D eigenvalue weighted by molar-refractivity contribution is -0.153. The van der Waals surface area contributed by atoms with Gasteiger partial charge in [-0.05, 0) is 18.2 Å². The molecule has 0 aliphatic carbocycles. The van der Waals surface area contributed by atoms with Crippen molar-refractivity contribution in [2.24, 2.45) is 5.92 Å². The molecule has 0 aromatic heterocycles. The standard InChI is InChI=1S/C24H27ClO9/c1-27-16-5-4-6-17(28-2)22(16)34-23-24(26)12-32-21(15(24)11-31-23)14-7-20-19(8-18(14)29-3)30-10-13(9-25)33-20/h4-8,13,15,21,23,26H,9-12H2,1-3H3/t13-,15+,21+,23+,24+/m1/s1. The Balaban J connectivity index is 1.43. The average molecular weight is 495 g/mol. The maximum atomic E-state index is 11.6. The van der Waals surface area contributed by atoms with E-state index in [1.807, 2.05) is 6.07 Å². The third kappa shape index (κ3) is 3.76. The number of rotatable bonds is 7. The van der Waals surface area contributed by atoms with Crippen molar-refractivity contribution in [1.82, 2.24) is 0 Å². The number of aliphatic hydroxyl groups is 1. The van der Waals surface area contributed by atoms with Crippen LogP contribution in [-0.4, -0.2) is 70.1 Å². The van der Waals surface area contributed by atoms with E-state index in [2.05, 4.69) is 0 Å². The quantitative estimate of drug-likeness (QED) is 0.583. The number of fused-ring (bicyclic) bond motifs is 2. The number of hydrogen-bond acceptors (Lipinski definition) is 9. The first-order valence-corrected chi connectivity index (χ1v) is 11.5. The van der Waals surface area contributed by atoms with E-state index in [-0.39, 0.29) is 19.3 Å². The van der Waals surface area contributed by atoms with Gasteiger partial charge in [0.25, 0.3) is 0 Å². The van der Waals surface area contributed by atoms with E-state index in [4.69, 9.17) is 49.5 Å². The zero-order valence-corrected chi connectivity index (χ0v) is 19.9. The predicted octanol–water partition coefficient (Wildman–Crippen LogP) is 2.94. The highest BCUT2D eigenvalue weighted by molar-refractivity contribution is 6.18. The van der Waals surface area contributed by atoms with Crippen molar-refractivity contribution >= 4 is 11.6 Å². The van der Waals surface area contributed by atoms with Crippen LogP contribution in [0, 0.1) is 5.92 Å². The highest BCUT2D eigenvalue weighted by Gasteiger charge is 2.61. The van der Waals surface area contributed by atoms with E-state index in [0.29, 0.717) is 47.0 Å². The summed E-state index contributed by atoms with van der Waals surface area (Å²) >= 11 is 5.95. The van der Waals surface area contributed by atoms with Crippen molar-refractivity contribution < 1.29 is 43.0 Å².